The number of allylic oxidation sites excluding steroid dienone is 6. The Morgan fingerprint density at radius 3 is 2.29 bits per heavy atom. The molecule has 0 radical (unpaired) electrons. The van der Waals surface area contributed by atoms with Gasteiger partial charge in [0.25, 0.3) is 0 Å². The maximum absolute atomic E-state index is 9.76. The second-order valence-electron chi connectivity index (χ2n) is 4.04. The summed E-state index contributed by atoms with van der Waals surface area (Å²) in [6, 6.07) is 0. The van der Waals surface area contributed by atoms with Gasteiger partial charge in [0.05, 0.1) is 5.76 Å². The maximum Gasteiger partial charge on any atom is 0.0947 e. The van der Waals surface area contributed by atoms with E-state index in [2.05, 4.69) is 31.0 Å². The molecule has 0 aliphatic rings. The highest BCUT2D eigenvalue weighted by Crippen LogP contribution is 2.21. The number of hydrogen-bond acceptors (Lipinski definition) is 2. The second-order valence-corrected chi connectivity index (χ2v) is 4.04. The molecule has 0 aliphatic heterocycles. The summed E-state index contributed by atoms with van der Waals surface area (Å²) in [6.07, 6.45) is 10.3. The van der Waals surface area contributed by atoms with Gasteiger partial charge in [-0.2, -0.15) is 0 Å². The largest absolute Gasteiger partial charge is 0.512 e. The van der Waals surface area contributed by atoms with Crippen LogP contribution in [0.4, 0.5) is 0 Å². The van der Waals surface area contributed by atoms with Crippen LogP contribution in [0.3, 0.4) is 0 Å². The summed E-state index contributed by atoms with van der Waals surface area (Å²) in [7, 11) is 1.76. The van der Waals surface area contributed by atoms with E-state index in [1.165, 1.54) is 0 Å². The van der Waals surface area contributed by atoms with Crippen molar-refractivity contribution in [2.24, 2.45) is 10.9 Å². The van der Waals surface area contributed by atoms with Crippen molar-refractivity contribution >= 4 is 5.71 Å². The van der Waals surface area contributed by atoms with Gasteiger partial charge in [-0.15, -0.1) is 0 Å². The number of aliphatic hydroxyl groups is 1. The molecule has 0 aromatic carbocycles. The summed E-state index contributed by atoms with van der Waals surface area (Å²) in [5, 5.41) is 9.76. The standard InChI is InChI=1S/C15H25NO/c1-6-8-9-10-11-14(7-2)15(13(4)17)12(3)16-5/h8-11,14,17H,6-7H2,1-5H3/b9-8-,11-10-,15-13+,16-12+. The first-order chi connectivity index (χ1) is 8.08. The van der Waals surface area contributed by atoms with Crippen LogP contribution in [0.1, 0.15) is 40.5 Å². The molecule has 1 atom stereocenters. The molecule has 0 aromatic rings. The molecular formula is C15H25NO. The summed E-state index contributed by atoms with van der Waals surface area (Å²) >= 11 is 0. The minimum atomic E-state index is 0.227. The van der Waals surface area contributed by atoms with Crippen molar-refractivity contribution in [2.75, 3.05) is 7.05 Å². The van der Waals surface area contributed by atoms with Crippen LogP contribution >= 0.6 is 0 Å². The van der Waals surface area contributed by atoms with Crippen LogP contribution in [0.5, 0.6) is 0 Å². The first kappa shape index (κ1) is 15.7. The van der Waals surface area contributed by atoms with Crippen LogP contribution in [0.15, 0.2) is 40.6 Å². The average molecular weight is 235 g/mol. The van der Waals surface area contributed by atoms with Gasteiger partial charge < -0.3 is 5.11 Å². The molecular weight excluding hydrogens is 210 g/mol. The third kappa shape index (κ3) is 5.53. The molecule has 0 bridgehead atoms. The van der Waals surface area contributed by atoms with E-state index in [0.717, 1.165) is 24.1 Å². The summed E-state index contributed by atoms with van der Waals surface area (Å²) in [6.45, 7) is 7.89. The molecule has 0 saturated carbocycles. The van der Waals surface area contributed by atoms with Crippen molar-refractivity contribution in [1.29, 1.82) is 0 Å². The zero-order valence-corrected chi connectivity index (χ0v) is 11.7. The predicted molar refractivity (Wildman–Crippen MR) is 76.7 cm³/mol. The molecule has 0 aromatic heterocycles. The fraction of sp³-hybridized carbons (Fsp3) is 0.533. The predicted octanol–water partition coefficient (Wildman–Crippen LogP) is 4.46. The summed E-state index contributed by atoms with van der Waals surface area (Å²) in [5.41, 5.74) is 1.84. The topological polar surface area (TPSA) is 32.6 Å². The molecule has 0 rings (SSSR count). The monoisotopic (exact) mass is 235 g/mol. The minimum absolute atomic E-state index is 0.227. The Kier molecular flexibility index (Phi) is 8.12. The van der Waals surface area contributed by atoms with E-state index in [0.29, 0.717) is 5.76 Å². The Morgan fingerprint density at radius 2 is 1.88 bits per heavy atom. The van der Waals surface area contributed by atoms with Gasteiger partial charge in [-0.05, 0) is 26.7 Å². The Bertz CT molecular complexity index is 331. The molecule has 1 unspecified atom stereocenters. The molecule has 96 valence electrons. The van der Waals surface area contributed by atoms with Crippen LogP contribution in [-0.4, -0.2) is 17.9 Å². The fourth-order valence-corrected chi connectivity index (χ4v) is 1.77. The van der Waals surface area contributed by atoms with Crippen LogP contribution in [0, 0.1) is 5.92 Å². The van der Waals surface area contributed by atoms with Crippen LogP contribution in [0.25, 0.3) is 0 Å². The SMILES string of the molecule is CC/C=C\C=C/C(CC)C(=C(\C)O)/C(C)=N/C. The van der Waals surface area contributed by atoms with Gasteiger partial charge in [-0.25, -0.2) is 0 Å². The lowest BCUT2D eigenvalue weighted by Gasteiger charge is -2.16. The molecule has 0 heterocycles. The molecule has 0 fully saturated rings. The number of nitrogens with zero attached hydrogens (tertiary/aromatic N) is 1. The third-order valence-electron chi connectivity index (χ3n) is 2.75. The highest BCUT2D eigenvalue weighted by atomic mass is 16.3. The zero-order chi connectivity index (χ0) is 13.3. The van der Waals surface area contributed by atoms with Crippen molar-refractivity contribution in [1.82, 2.24) is 0 Å². The molecule has 0 aliphatic carbocycles. The quantitative estimate of drug-likeness (QED) is 0.411. The highest BCUT2D eigenvalue weighted by Gasteiger charge is 2.14. The van der Waals surface area contributed by atoms with Gasteiger partial charge in [-0.3, -0.25) is 4.99 Å². The van der Waals surface area contributed by atoms with Crippen LogP contribution < -0.4 is 0 Å². The molecule has 2 nitrogen and oxygen atoms in total. The normalized spacial score (nSPS) is 16.6. The molecule has 1 N–H and O–H groups in total. The number of aliphatic imine (C=N–C) groups is 1. The van der Waals surface area contributed by atoms with E-state index < -0.39 is 0 Å². The molecule has 0 amide bonds. The third-order valence-corrected chi connectivity index (χ3v) is 2.75. The number of rotatable bonds is 6. The molecule has 0 saturated heterocycles. The number of hydrogen-bond donors (Lipinski definition) is 1. The van der Waals surface area contributed by atoms with Gasteiger partial charge in [0, 0.05) is 24.3 Å². The van der Waals surface area contributed by atoms with E-state index in [1.54, 1.807) is 14.0 Å². The van der Waals surface area contributed by atoms with E-state index in [-0.39, 0.29) is 5.92 Å². The lowest BCUT2D eigenvalue weighted by atomic mass is 9.91. The molecule has 0 spiro atoms. The van der Waals surface area contributed by atoms with Gasteiger partial charge in [0.15, 0.2) is 0 Å². The lowest BCUT2D eigenvalue weighted by Crippen LogP contribution is -2.10. The lowest BCUT2D eigenvalue weighted by molar-refractivity contribution is 0.403. The summed E-state index contributed by atoms with van der Waals surface area (Å²) in [4.78, 5) is 4.17. The Labute approximate surface area is 105 Å². The Hall–Kier alpha value is -1.31. The van der Waals surface area contributed by atoms with Crippen LogP contribution in [0.2, 0.25) is 0 Å². The second kappa shape index (κ2) is 8.80. The van der Waals surface area contributed by atoms with E-state index in [9.17, 15) is 5.11 Å². The average Bonchev–Trinajstić information content (AvgIpc) is 2.31. The first-order valence-electron chi connectivity index (χ1n) is 6.25. The zero-order valence-electron chi connectivity index (χ0n) is 11.7. The smallest absolute Gasteiger partial charge is 0.0947 e. The van der Waals surface area contributed by atoms with E-state index >= 15 is 0 Å². The Balaban J connectivity index is 5.02. The molecule has 17 heavy (non-hydrogen) atoms. The molecule has 2 heteroatoms. The number of aliphatic hydroxyl groups excluding tert-OH is 1. The van der Waals surface area contributed by atoms with Crippen molar-refractivity contribution in [3.63, 3.8) is 0 Å². The Morgan fingerprint density at radius 1 is 1.24 bits per heavy atom. The summed E-state index contributed by atoms with van der Waals surface area (Å²) in [5.74, 6) is 0.592. The highest BCUT2D eigenvalue weighted by molar-refractivity contribution is 5.99. The minimum Gasteiger partial charge on any atom is -0.512 e. The van der Waals surface area contributed by atoms with Crippen LogP contribution in [-0.2, 0) is 0 Å². The first-order valence-corrected chi connectivity index (χ1v) is 6.25. The van der Waals surface area contributed by atoms with Crippen molar-refractivity contribution in [3.8, 4) is 0 Å². The van der Waals surface area contributed by atoms with E-state index in [4.69, 9.17) is 0 Å². The van der Waals surface area contributed by atoms with Gasteiger partial charge >= 0.3 is 0 Å². The maximum atomic E-state index is 9.76. The van der Waals surface area contributed by atoms with Gasteiger partial charge in [-0.1, -0.05) is 38.2 Å². The van der Waals surface area contributed by atoms with Crippen molar-refractivity contribution in [2.45, 2.75) is 40.5 Å². The fourth-order valence-electron chi connectivity index (χ4n) is 1.77. The van der Waals surface area contributed by atoms with E-state index in [1.807, 2.05) is 19.1 Å². The van der Waals surface area contributed by atoms with Gasteiger partial charge in [0.1, 0.15) is 0 Å². The van der Waals surface area contributed by atoms with Gasteiger partial charge in [0.2, 0.25) is 0 Å². The summed E-state index contributed by atoms with van der Waals surface area (Å²) < 4.78 is 0. The van der Waals surface area contributed by atoms with Crippen molar-refractivity contribution in [3.05, 3.63) is 35.6 Å². The van der Waals surface area contributed by atoms with Crippen molar-refractivity contribution < 1.29 is 5.11 Å².